The number of hydrogen-bond acceptors (Lipinski definition) is 2. The molecule has 0 aromatic carbocycles. The van der Waals surface area contributed by atoms with Crippen molar-refractivity contribution in [1.82, 2.24) is 0 Å². The van der Waals surface area contributed by atoms with Gasteiger partial charge in [0, 0.05) is 0 Å². The van der Waals surface area contributed by atoms with Gasteiger partial charge in [0.1, 0.15) is 0 Å². The van der Waals surface area contributed by atoms with Crippen LogP contribution in [0.25, 0.3) is 0 Å². The number of allylic oxidation sites excluding steroid dienone is 2. The van der Waals surface area contributed by atoms with Crippen LogP contribution in [0.2, 0.25) is 0 Å². The van der Waals surface area contributed by atoms with E-state index >= 15 is 0 Å². The molecule has 0 amide bonds. The summed E-state index contributed by atoms with van der Waals surface area (Å²) in [5.41, 5.74) is 4.34. The Balaban J connectivity index is 3.30. The fraction of sp³-hybridized carbons (Fsp3) is 0.462. The second-order valence-electron chi connectivity index (χ2n) is 4.26. The van der Waals surface area contributed by atoms with Gasteiger partial charge in [-0.25, -0.2) is 8.42 Å². The molecule has 2 atom stereocenters. The van der Waals surface area contributed by atoms with Crippen molar-refractivity contribution in [3.8, 4) is 0 Å². The summed E-state index contributed by atoms with van der Waals surface area (Å²) in [4.78, 5) is 0. The van der Waals surface area contributed by atoms with Crippen LogP contribution in [0.1, 0.15) is 26.7 Å². The summed E-state index contributed by atoms with van der Waals surface area (Å²) >= 11 is 0. The van der Waals surface area contributed by atoms with Crippen LogP contribution < -0.4 is 0 Å². The van der Waals surface area contributed by atoms with Gasteiger partial charge in [-0.05, 0) is 31.3 Å². The lowest BCUT2D eigenvalue weighted by Crippen LogP contribution is -2.31. The molecule has 1 aliphatic carbocycles. The topological polar surface area (TPSA) is 34.1 Å². The van der Waals surface area contributed by atoms with E-state index in [1.165, 1.54) is 0 Å². The molecule has 88 valence electrons. The Bertz CT molecular complexity index is 462. The van der Waals surface area contributed by atoms with Crippen molar-refractivity contribution in [3.63, 3.8) is 0 Å². The van der Waals surface area contributed by atoms with Crippen molar-refractivity contribution in [2.24, 2.45) is 5.92 Å². The first-order chi connectivity index (χ1) is 7.44. The van der Waals surface area contributed by atoms with Crippen LogP contribution >= 0.6 is 0 Å². The van der Waals surface area contributed by atoms with Crippen LogP contribution in [0.4, 0.5) is 0 Å². The van der Waals surface area contributed by atoms with Crippen LogP contribution in [0.5, 0.6) is 0 Å². The van der Waals surface area contributed by atoms with Crippen LogP contribution in [0.3, 0.4) is 0 Å². The molecule has 2 nitrogen and oxygen atoms in total. The Morgan fingerprint density at radius 1 is 1.50 bits per heavy atom. The maximum Gasteiger partial charge on any atom is 0.185 e. The highest BCUT2D eigenvalue weighted by atomic mass is 32.2. The highest BCUT2D eigenvalue weighted by Crippen LogP contribution is 2.34. The maximum absolute atomic E-state index is 12.0. The predicted octanol–water partition coefficient (Wildman–Crippen LogP) is 3.00. The van der Waals surface area contributed by atoms with Crippen molar-refractivity contribution >= 4 is 9.84 Å². The molecule has 0 heterocycles. The molecule has 1 rings (SSSR count). The van der Waals surface area contributed by atoms with Gasteiger partial charge >= 0.3 is 0 Å². The average Bonchev–Trinajstić information content (AvgIpc) is 2.17. The second kappa shape index (κ2) is 4.86. The molecule has 3 heteroatoms. The van der Waals surface area contributed by atoms with Gasteiger partial charge in [0.25, 0.3) is 0 Å². The van der Waals surface area contributed by atoms with Crippen molar-refractivity contribution in [1.29, 1.82) is 0 Å². The normalized spacial score (nSPS) is 26.1. The van der Waals surface area contributed by atoms with Gasteiger partial charge in [0.2, 0.25) is 0 Å². The lowest BCUT2D eigenvalue weighted by Gasteiger charge is -2.29. The molecule has 0 bridgehead atoms. The summed E-state index contributed by atoms with van der Waals surface area (Å²) in [6, 6.07) is 0. The third-order valence-electron chi connectivity index (χ3n) is 3.17. The summed E-state index contributed by atoms with van der Waals surface area (Å²) in [7, 11) is -3.28. The minimum Gasteiger partial charge on any atom is -0.223 e. The lowest BCUT2D eigenvalue weighted by molar-refractivity contribution is 0.485. The Morgan fingerprint density at radius 2 is 2.12 bits per heavy atom. The van der Waals surface area contributed by atoms with E-state index < -0.39 is 15.1 Å². The fourth-order valence-corrected chi connectivity index (χ4v) is 4.17. The summed E-state index contributed by atoms with van der Waals surface area (Å²) in [5.74, 6) is 0.137. The number of sulfone groups is 1. The Kier molecular flexibility index (Phi) is 3.95. The molecule has 0 aromatic rings. The molecule has 0 aliphatic heterocycles. The van der Waals surface area contributed by atoms with Crippen molar-refractivity contribution in [2.75, 3.05) is 0 Å². The number of hydrogen-bond donors (Lipinski definition) is 0. The lowest BCUT2D eigenvalue weighted by atomic mass is 9.85. The van der Waals surface area contributed by atoms with Crippen LogP contribution in [-0.4, -0.2) is 13.7 Å². The van der Waals surface area contributed by atoms with Gasteiger partial charge in [-0.2, -0.15) is 0 Å². The van der Waals surface area contributed by atoms with E-state index in [9.17, 15) is 8.42 Å². The zero-order chi connectivity index (χ0) is 12.3. The third kappa shape index (κ3) is 2.37. The van der Waals surface area contributed by atoms with E-state index in [1.54, 1.807) is 6.08 Å². The van der Waals surface area contributed by atoms with Crippen LogP contribution in [0.15, 0.2) is 41.5 Å². The molecule has 16 heavy (non-hydrogen) atoms. The van der Waals surface area contributed by atoms with Gasteiger partial charge in [-0.1, -0.05) is 31.7 Å². The first kappa shape index (κ1) is 13.0. The van der Waals surface area contributed by atoms with Crippen LogP contribution in [-0.2, 0) is 9.84 Å². The predicted molar refractivity (Wildman–Crippen MR) is 67.7 cm³/mol. The Labute approximate surface area is 98.0 Å². The summed E-state index contributed by atoms with van der Waals surface area (Å²) in [6.07, 6.45) is 3.56. The van der Waals surface area contributed by atoms with Gasteiger partial charge in [-0.15, -0.1) is 5.73 Å². The smallest absolute Gasteiger partial charge is 0.185 e. The van der Waals surface area contributed by atoms with Gasteiger partial charge < -0.3 is 0 Å². The molecular weight excluding hydrogens is 220 g/mol. The molecule has 0 unspecified atom stereocenters. The highest BCUT2D eigenvalue weighted by Gasteiger charge is 2.34. The first-order valence-corrected chi connectivity index (χ1v) is 6.96. The minimum absolute atomic E-state index is 0.137. The molecular formula is C13H18O2S. The van der Waals surface area contributed by atoms with Crippen LogP contribution in [0, 0.1) is 5.92 Å². The van der Waals surface area contributed by atoms with E-state index in [0.717, 1.165) is 29.4 Å². The summed E-state index contributed by atoms with van der Waals surface area (Å²) < 4.78 is 24.1. The van der Waals surface area contributed by atoms with Crippen molar-refractivity contribution in [3.05, 3.63) is 41.5 Å². The van der Waals surface area contributed by atoms with E-state index in [-0.39, 0.29) is 5.92 Å². The summed E-state index contributed by atoms with van der Waals surface area (Å²) in [6.45, 7) is 10.9. The minimum atomic E-state index is -3.28. The molecule has 0 saturated heterocycles. The van der Waals surface area contributed by atoms with E-state index in [4.69, 9.17) is 0 Å². The second-order valence-corrected chi connectivity index (χ2v) is 6.18. The SMILES string of the molecule is C=C=CS(=O)(=O)[C@@H]1C(C)=C(C=C)CC[C@@H]1C. The first-order valence-electron chi connectivity index (χ1n) is 5.36. The maximum atomic E-state index is 12.0. The van der Waals surface area contributed by atoms with E-state index in [0.29, 0.717) is 0 Å². The zero-order valence-corrected chi connectivity index (χ0v) is 10.7. The molecule has 0 N–H and O–H groups in total. The van der Waals surface area contributed by atoms with Gasteiger partial charge in [0.05, 0.1) is 10.7 Å². The molecule has 0 saturated carbocycles. The molecule has 0 radical (unpaired) electrons. The monoisotopic (exact) mass is 238 g/mol. The molecule has 0 spiro atoms. The molecule has 0 aromatic heterocycles. The Morgan fingerprint density at radius 3 is 2.62 bits per heavy atom. The average molecular weight is 238 g/mol. The third-order valence-corrected chi connectivity index (χ3v) is 5.19. The van der Waals surface area contributed by atoms with Gasteiger partial charge in [0.15, 0.2) is 9.84 Å². The summed E-state index contributed by atoms with van der Waals surface area (Å²) in [5, 5.41) is 0.646. The molecule has 1 aliphatic rings. The van der Waals surface area contributed by atoms with Gasteiger partial charge in [-0.3, -0.25) is 0 Å². The standard InChI is InChI=1S/C13H18O2S/c1-5-9-16(14,15)13-10(3)7-8-12(6-2)11(13)4/h6,9-10,13H,1-2,7-8H2,3-4H3/t10-,13-/m0/s1. The largest absolute Gasteiger partial charge is 0.223 e. The van der Waals surface area contributed by atoms with Crippen molar-refractivity contribution < 1.29 is 8.42 Å². The quantitative estimate of drug-likeness (QED) is 0.708. The van der Waals surface area contributed by atoms with Crippen molar-refractivity contribution in [2.45, 2.75) is 31.9 Å². The highest BCUT2D eigenvalue weighted by molar-refractivity contribution is 7.95. The van der Waals surface area contributed by atoms with E-state index in [1.807, 2.05) is 13.8 Å². The number of rotatable bonds is 3. The zero-order valence-electron chi connectivity index (χ0n) is 9.86. The fourth-order valence-electron chi connectivity index (χ4n) is 2.36. The molecule has 0 fully saturated rings. The van der Waals surface area contributed by atoms with E-state index in [2.05, 4.69) is 18.9 Å². The Hall–Kier alpha value is -1.05.